The highest BCUT2D eigenvalue weighted by Gasteiger charge is 2.37. The first-order valence-corrected chi connectivity index (χ1v) is 19.8. The Bertz CT molecular complexity index is 2160. The van der Waals surface area contributed by atoms with Crippen molar-refractivity contribution in [2.45, 2.75) is 98.5 Å². The van der Waals surface area contributed by atoms with Crippen LogP contribution in [0.3, 0.4) is 0 Å². The molecule has 4 heterocycles. The molecule has 2 aromatic carbocycles. The van der Waals surface area contributed by atoms with Gasteiger partial charge in [-0.2, -0.15) is 0 Å². The Kier molecular flexibility index (Phi) is 12.4. The van der Waals surface area contributed by atoms with Crippen LogP contribution in [-0.4, -0.2) is 93.7 Å². The van der Waals surface area contributed by atoms with Crippen molar-refractivity contribution in [3.63, 3.8) is 0 Å². The van der Waals surface area contributed by atoms with Crippen LogP contribution in [0.1, 0.15) is 71.1 Å². The Morgan fingerprint density at radius 1 is 1.14 bits per heavy atom. The van der Waals surface area contributed by atoms with Crippen molar-refractivity contribution in [2.75, 3.05) is 27.3 Å². The minimum absolute atomic E-state index is 0.0116. The van der Waals surface area contributed by atoms with Gasteiger partial charge >= 0.3 is 5.97 Å². The molecule has 3 N–H and O–H groups in total. The second-order valence-corrected chi connectivity index (χ2v) is 16.5. The Balaban J connectivity index is 1.52. The van der Waals surface area contributed by atoms with Crippen molar-refractivity contribution in [1.29, 1.82) is 0 Å². The number of amides is 3. The first-order valence-electron chi connectivity index (χ1n) is 19.8. The zero-order valence-corrected chi connectivity index (χ0v) is 34.3. The zero-order valence-electron chi connectivity index (χ0n) is 34.3. The highest BCUT2D eigenvalue weighted by molar-refractivity contribution is 5.96. The molecule has 0 radical (unpaired) electrons. The van der Waals surface area contributed by atoms with Gasteiger partial charge in [-0.05, 0) is 90.3 Å². The molecular formula is C44H56N6O7. The lowest BCUT2D eigenvalue weighted by molar-refractivity contribution is -0.155. The third kappa shape index (κ3) is 8.84. The maximum Gasteiger partial charge on any atom is 0.324 e. The number of nitrogens with one attached hydrogen (secondary N) is 2. The largest absolute Gasteiger partial charge is 0.508 e. The van der Waals surface area contributed by atoms with Gasteiger partial charge in [-0.1, -0.05) is 39.8 Å². The topological polar surface area (TPSA) is 155 Å². The fourth-order valence-electron chi connectivity index (χ4n) is 8.31. The first kappa shape index (κ1) is 41.4. The number of phenolic OH excluding ortho intramolecular Hbond substituents is 1. The number of fused-ring (bicyclic) bond motifs is 6. The van der Waals surface area contributed by atoms with E-state index in [4.69, 9.17) is 9.47 Å². The summed E-state index contributed by atoms with van der Waals surface area (Å²) in [5.74, 6) is -1.89. The van der Waals surface area contributed by atoms with E-state index in [1.807, 2.05) is 38.2 Å². The molecule has 304 valence electrons. The van der Waals surface area contributed by atoms with Crippen LogP contribution in [0, 0.1) is 11.3 Å². The summed E-state index contributed by atoms with van der Waals surface area (Å²) >= 11 is 0. The van der Waals surface area contributed by atoms with E-state index in [2.05, 4.69) is 53.2 Å². The lowest BCUT2D eigenvalue weighted by atomic mass is 9.84. The van der Waals surface area contributed by atoms with Gasteiger partial charge in [0.2, 0.25) is 11.8 Å². The SMILES string of the molecule is CCn1c(-c2cnccc2COC)c2c3cc(ccc31)-c1cc(O)cc(c1)C[C@H](NC(=O)[C@H](C(C)C)N(C)C(C)=O)C(=O)N1CCC[C@H](N1)C(=O)OCC(C)(C)C2. The summed E-state index contributed by atoms with van der Waals surface area (Å²) in [7, 11) is 3.24. The lowest BCUT2D eigenvalue weighted by Gasteiger charge is -2.36. The molecule has 0 unspecified atom stereocenters. The Morgan fingerprint density at radius 2 is 1.91 bits per heavy atom. The number of hydrogen-bond donors (Lipinski definition) is 3. The average molecular weight is 781 g/mol. The lowest BCUT2D eigenvalue weighted by Crippen LogP contribution is -2.62. The first-order chi connectivity index (χ1) is 27.1. The third-order valence-electron chi connectivity index (χ3n) is 11.1. The third-order valence-corrected chi connectivity index (χ3v) is 11.1. The number of aryl methyl sites for hydroxylation is 1. The van der Waals surface area contributed by atoms with Crippen LogP contribution in [0.4, 0.5) is 0 Å². The average Bonchev–Trinajstić information content (AvgIpc) is 3.47. The quantitative estimate of drug-likeness (QED) is 0.200. The van der Waals surface area contributed by atoms with Crippen molar-refractivity contribution in [3.05, 3.63) is 71.5 Å². The molecule has 1 saturated heterocycles. The van der Waals surface area contributed by atoms with E-state index in [0.717, 1.165) is 44.4 Å². The summed E-state index contributed by atoms with van der Waals surface area (Å²) in [6, 6.07) is 10.7. The number of carbonyl (C=O) groups excluding carboxylic acids is 4. The molecular weight excluding hydrogens is 725 g/mol. The minimum atomic E-state index is -1.09. The normalized spacial score (nSPS) is 19.2. The van der Waals surface area contributed by atoms with Crippen molar-refractivity contribution >= 4 is 34.6 Å². The van der Waals surface area contributed by atoms with E-state index in [1.54, 1.807) is 32.5 Å². The van der Waals surface area contributed by atoms with Crippen molar-refractivity contribution < 1.29 is 33.8 Å². The Morgan fingerprint density at radius 3 is 2.61 bits per heavy atom. The van der Waals surface area contributed by atoms with Crippen LogP contribution in [0.15, 0.2) is 54.9 Å². The molecule has 4 aromatic rings. The van der Waals surface area contributed by atoms with Crippen LogP contribution in [0.5, 0.6) is 5.75 Å². The molecule has 13 nitrogen and oxygen atoms in total. The van der Waals surface area contributed by atoms with E-state index < -0.39 is 41.3 Å². The van der Waals surface area contributed by atoms with Gasteiger partial charge in [-0.3, -0.25) is 29.2 Å². The van der Waals surface area contributed by atoms with Crippen LogP contribution in [0.25, 0.3) is 33.3 Å². The van der Waals surface area contributed by atoms with Crippen molar-refractivity contribution in [3.8, 4) is 28.1 Å². The van der Waals surface area contributed by atoms with Gasteiger partial charge < -0.3 is 29.4 Å². The van der Waals surface area contributed by atoms with Crippen molar-refractivity contribution in [2.24, 2.45) is 11.3 Å². The molecule has 13 heteroatoms. The monoisotopic (exact) mass is 780 g/mol. The number of nitrogens with zero attached hydrogens (tertiary/aromatic N) is 4. The molecule has 6 bridgehead atoms. The molecule has 2 aromatic heterocycles. The molecule has 2 aliphatic heterocycles. The number of cyclic esters (lactones) is 1. The number of aromatic hydroxyl groups is 1. The molecule has 0 spiro atoms. The second-order valence-electron chi connectivity index (χ2n) is 16.5. The fraction of sp³-hybridized carbons (Fsp3) is 0.477. The predicted octanol–water partition coefficient (Wildman–Crippen LogP) is 5.39. The van der Waals surface area contributed by atoms with Crippen molar-refractivity contribution in [1.82, 2.24) is 30.2 Å². The number of benzene rings is 2. The number of phenols is 1. The molecule has 1 fully saturated rings. The summed E-state index contributed by atoms with van der Waals surface area (Å²) in [5, 5.41) is 16.5. The number of pyridine rings is 1. The van der Waals surface area contributed by atoms with E-state index in [1.165, 1.54) is 16.8 Å². The number of aromatic nitrogens is 2. The van der Waals surface area contributed by atoms with Gasteiger partial charge in [-0.25, -0.2) is 5.43 Å². The maximum atomic E-state index is 14.4. The predicted molar refractivity (Wildman–Crippen MR) is 218 cm³/mol. The number of rotatable bonds is 8. The zero-order chi connectivity index (χ0) is 41.2. The standard InChI is InChI=1S/C44H56N6O7/c1-9-49-38-13-12-29-21-33(38)34(40(49)35-23-45-15-14-30(35)24-56-8)22-44(5,6)25-57-43(55)36-11-10-16-50(47-36)42(54)37(19-28-17-31(29)20-32(52)18-28)46-41(53)39(26(2)3)48(7)27(4)51/h12-15,17-18,20-21,23,26,36-37,39,47,52H,9-11,16,19,22,24-25H2,1-8H3,(H,46,53)/t36-,37-,39-/m0/s1. The van der Waals surface area contributed by atoms with E-state index in [9.17, 15) is 24.3 Å². The molecule has 3 atom stereocenters. The van der Waals surface area contributed by atoms with Gasteiger partial charge in [0.25, 0.3) is 5.91 Å². The highest BCUT2D eigenvalue weighted by Crippen LogP contribution is 2.41. The fourth-order valence-corrected chi connectivity index (χ4v) is 8.31. The number of esters is 1. The summed E-state index contributed by atoms with van der Waals surface area (Å²) < 4.78 is 13.9. The van der Waals surface area contributed by atoms with Crippen LogP contribution in [-0.2, 0) is 54.6 Å². The second kappa shape index (κ2) is 17.1. The summed E-state index contributed by atoms with van der Waals surface area (Å²) in [6.07, 6.45) is 5.25. The summed E-state index contributed by atoms with van der Waals surface area (Å²) in [5.41, 5.74) is 9.88. The van der Waals surface area contributed by atoms with Crippen LogP contribution >= 0.6 is 0 Å². The summed E-state index contributed by atoms with van der Waals surface area (Å²) in [4.78, 5) is 60.4. The maximum absolute atomic E-state index is 14.4. The number of hydrazine groups is 1. The molecule has 0 saturated carbocycles. The van der Waals surface area contributed by atoms with Gasteiger partial charge in [0.15, 0.2) is 0 Å². The Hall–Kier alpha value is -5.27. The number of ether oxygens (including phenoxy) is 2. The molecule has 6 rings (SSSR count). The molecule has 2 aliphatic rings. The molecule has 0 aliphatic carbocycles. The minimum Gasteiger partial charge on any atom is -0.508 e. The number of methoxy groups -OCH3 is 1. The van der Waals surface area contributed by atoms with Gasteiger partial charge in [0.1, 0.15) is 23.9 Å². The van der Waals surface area contributed by atoms with E-state index in [-0.39, 0.29) is 30.6 Å². The van der Waals surface area contributed by atoms with E-state index in [0.29, 0.717) is 44.5 Å². The number of likely N-dealkylation sites (N-methyl/N-ethyl adjacent to an activating group) is 1. The van der Waals surface area contributed by atoms with Crippen LogP contribution in [0.2, 0.25) is 0 Å². The Labute approximate surface area is 334 Å². The van der Waals surface area contributed by atoms with Crippen LogP contribution < -0.4 is 10.7 Å². The van der Waals surface area contributed by atoms with Gasteiger partial charge in [0, 0.05) is 74.9 Å². The van der Waals surface area contributed by atoms with E-state index >= 15 is 0 Å². The number of carbonyl (C=O) groups is 4. The van der Waals surface area contributed by atoms with Gasteiger partial charge in [0.05, 0.1) is 18.9 Å². The highest BCUT2D eigenvalue weighted by atomic mass is 16.5. The summed E-state index contributed by atoms with van der Waals surface area (Å²) in [6.45, 7) is 12.9. The molecule has 57 heavy (non-hydrogen) atoms. The number of hydrogen-bond acceptors (Lipinski definition) is 9. The smallest absolute Gasteiger partial charge is 0.324 e. The molecule has 3 amide bonds. The van der Waals surface area contributed by atoms with Gasteiger partial charge in [-0.15, -0.1) is 0 Å².